The van der Waals surface area contributed by atoms with Crippen LogP contribution in [0.2, 0.25) is 0 Å². The van der Waals surface area contributed by atoms with Gasteiger partial charge in [-0.05, 0) is 82.8 Å². The topological polar surface area (TPSA) is 49.9 Å². The first-order valence-corrected chi connectivity index (χ1v) is 13.0. The maximum absolute atomic E-state index is 13.6. The van der Waals surface area contributed by atoms with Crippen molar-refractivity contribution in [3.63, 3.8) is 0 Å². The lowest BCUT2D eigenvalue weighted by Gasteiger charge is -2.43. The number of ether oxygens (including phenoxy) is 1. The van der Waals surface area contributed by atoms with Gasteiger partial charge >= 0.3 is 5.97 Å². The lowest BCUT2D eigenvalue weighted by molar-refractivity contribution is -0.156. The lowest BCUT2D eigenvalue weighted by atomic mass is 9.79. The van der Waals surface area contributed by atoms with Crippen LogP contribution in [0.3, 0.4) is 0 Å². The van der Waals surface area contributed by atoms with Gasteiger partial charge in [0, 0.05) is 30.9 Å². The fraction of sp³-hybridized carbons (Fsp3) is 0.714. The Balaban J connectivity index is 1.39. The van der Waals surface area contributed by atoms with Gasteiger partial charge < -0.3 is 14.5 Å². The van der Waals surface area contributed by atoms with E-state index in [1.54, 1.807) is 0 Å². The smallest absolute Gasteiger partial charge is 0.307 e. The van der Waals surface area contributed by atoms with Crippen LogP contribution in [0, 0.1) is 11.8 Å². The number of rotatable bonds is 5. The summed E-state index contributed by atoms with van der Waals surface area (Å²) in [6.45, 7) is 12.4. The average molecular weight is 455 g/mol. The van der Waals surface area contributed by atoms with Crippen LogP contribution in [0.5, 0.6) is 0 Å². The summed E-state index contributed by atoms with van der Waals surface area (Å²) in [4.78, 5) is 30.8. The molecule has 0 aromatic heterocycles. The first kappa shape index (κ1) is 24.3. The Morgan fingerprint density at radius 2 is 1.64 bits per heavy atom. The van der Waals surface area contributed by atoms with Gasteiger partial charge in [0.2, 0.25) is 5.91 Å². The van der Waals surface area contributed by atoms with E-state index in [0.29, 0.717) is 6.04 Å². The number of anilines is 1. The summed E-state index contributed by atoms with van der Waals surface area (Å²) in [5, 5.41) is 0. The molecule has 1 saturated heterocycles. The number of para-hydroxylation sites is 1. The fourth-order valence-electron chi connectivity index (χ4n) is 6.19. The fourth-order valence-corrected chi connectivity index (χ4v) is 6.19. The highest BCUT2D eigenvalue weighted by molar-refractivity contribution is 6.06. The van der Waals surface area contributed by atoms with E-state index in [9.17, 15) is 9.59 Å². The summed E-state index contributed by atoms with van der Waals surface area (Å²) in [5.74, 6) is 1.02. The Hall–Kier alpha value is -1.88. The van der Waals surface area contributed by atoms with Gasteiger partial charge in [0.05, 0.1) is 12.3 Å². The number of hydrogen-bond donors (Lipinski definition) is 0. The maximum atomic E-state index is 13.6. The highest BCUT2D eigenvalue weighted by Gasteiger charge is 2.43. The van der Waals surface area contributed by atoms with E-state index >= 15 is 0 Å². The number of benzene rings is 1. The molecule has 1 aliphatic carbocycles. The summed E-state index contributed by atoms with van der Waals surface area (Å²) in [6, 6.07) is 8.94. The normalized spacial score (nSPS) is 27.2. The molecule has 1 saturated carbocycles. The van der Waals surface area contributed by atoms with Crippen LogP contribution in [0.1, 0.15) is 91.0 Å². The van der Waals surface area contributed by atoms with Crippen LogP contribution in [0.25, 0.3) is 0 Å². The monoisotopic (exact) mass is 454 g/mol. The molecule has 1 aromatic rings. The molecule has 0 spiro atoms. The number of amides is 1. The molecular formula is C28H42N2O3. The van der Waals surface area contributed by atoms with E-state index in [0.717, 1.165) is 49.0 Å². The van der Waals surface area contributed by atoms with Crippen molar-refractivity contribution in [2.75, 3.05) is 18.0 Å². The molecule has 5 nitrogen and oxygen atoms in total. The molecule has 1 amide bonds. The molecule has 5 heteroatoms. The van der Waals surface area contributed by atoms with Crippen molar-refractivity contribution in [3.8, 4) is 0 Å². The molecule has 1 unspecified atom stereocenters. The van der Waals surface area contributed by atoms with Crippen LogP contribution in [0.15, 0.2) is 24.3 Å². The van der Waals surface area contributed by atoms with Gasteiger partial charge in [0.25, 0.3) is 0 Å². The van der Waals surface area contributed by atoms with Gasteiger partial charge in [0.1, 0.15) is 5.60 Å². The van der Waals surface area contributed by atoms with Crippen molar-refractivity contribution < 1.29 is 14.3 Å². The number of fused-ring (bicyclic) bond motifs is 1. The Morgan fingerprint density at radius 3 is 2.24 bits per heavy atom. The van der Waals surface area contributed by atoms with Crippen molar-refractivity contribution in [2.24, 2.45) is 11.8 Å². The third-order valence-electron chi connectivity index (χ3n) is 7.96. The summed E-state index contributed by atoms with van der Waals surface area (Å²) in [5.41, 5.74) is 1.42. The summed E-state index contributed by atoms with van der Waals surface area (Å²) < 4.78 is 5.53. The van der Waals surface area contributed by atoms with Crippen LogP contribution in [-0.2, 0) is 14.3 Å². The zero-order chi connectivity index (χ0) is 23.8. The zero-order valence-electron chi connectivity index (χ0n) is 21.2. The van der Waals surface area contributed by atoms with E-state index in [1.807, 2.05) is 49.9 Å². The van der Waals surface area contributed by atoms with E-state index in [-0.39, 0.29) is 24.3 Å². The molecule has 33 heavy (non-hydrogen) atoms. The van der Waals surface area contributed by atoms with Gasteiger partial charge in [0.15, 0.2) is 0 Å². The van der Waals surface area contributed by atoms with Crippen LogP contribution >= 0.6 is 0 Å². The standard InChI is InChI=1S/C28H42N2O3/c1-19(2)20-10-12-21(13-11-20)29-16-14-22(15-17-29)30-25-9-7-6-8-23(25)24(27(30)32)18-26(31)33-28(3,4)5/h6-9,19-22,24H,10-18H2,1-5H3. The number of esters is 1. The van der Waals surface area contributed by atoms with Crippen LogP contribution in [0.4, 0.5) is 5.69 Å². The maximum Gasteiger partial charge on any atom is 0.307 e. The number of nitrogens with zero attached hydrogens (tertiary/aromatic N) is 2. The lowest BCUT2D eigenvalue weighted by Crippen LogP contribution is -2.50. The zero-order valence-corrected chi connectivity index (χ0v) is 21.2. The molecule has 4 rings (SSSR count). The third-order valence-corrected chi connectivity index (χ3v) is 7.96. The van der Waals surface area contributed by atoms with Crippen molar-refractivity contribution in [2.45, 2.75) is 103 Å². The van der Waals surface area contributed by atoms with Gasteiger partial charge in [-0.2, -0.15) is 0 Å². The van der Waals surface area contributed by atoms with Crippen molar-refractivity contribution in [1.82, 2.24) is 4.90 Å². The molecule has 2 fully saturated rings. The highest BCUT2D eigenvalue weighted by Crippen LogP contribution is 2.42. The van der Waals surface area contributed by atoms with E-state index in [1.165, 1.54) is 25.7 Å². The molecule has 3 aliphatic rings. The summed E-state index contributed by atoms with van der Waals surface area (Å²) in [6.07, 6.45) is 7.46. The second kappa shape index (κ2) is 9.77. The summed E-state index contributed by atoms with van der Waals surface area (Å²) in [7, 11) is 0. The van der Waals surface area contributed by atoms with Crippen molar-refractivity contribution in [1.29, 1.82) is 0 Å². The predicted octanol–water partition coefficient (Wildman–Crippen LogP) is 5.53. The second-order valence-electron chi connectivity index (χ2n) is 11.7. The molecular weight excluding hydrogens is 412 g/mol. The minimum absolute atomic E-state index is 0.0675. The number of hydrogen-bond acceptors (Lipinski definition) is 4. The van der Waals surface area contributed by atoms with Gasteiger partial charge in [-0.25, -0.2) is 0 Å². The molecule has 1 atom stereocenters. The largest absolute Gasteiger partial charge is 0.460 e. The molecule has 1 aromatic carbocycles. The third kappa shape index (κ3) is 5.45. The number of piperidine rings is 1. The number of likely N-dealkylation sites (tertiary alicyclic amines) is 1. The molecule has 2 aliphatic heterocycles. The Morgan fingerprint density at radius 1 is 1.00 bits per heavy atom. The molecule has 0 radical (unpaired) electrons. The van der Waals surface area contributed by atoms with Crippen molar-refractivity contribution in [3.05, 3.63) is 29.8 Å². The Labute approximate surface area is 199 Å². The first-order chi connectivity index (χ1) is 15.6. The SMILES string of the molecule is CC(C)C1CCC(N2CCC(N3C(=O)C(CC(=O)OC(C)(C)C)c4ccccc43)CC2)CC1. The molecule has 182 valence electrons. The number of carbonyl (C=O) groups is 2. The molecule has 2 heterocycles. The van der Waals surface area contributed by atoms with E-state index in [2.05, 4.69) is 18.7 Å². The van der Waals surface area contributed by atoms with Gasteiger partial charge in [-0.1, -0.05) is 32.0 Å². The number of carbonyl (C=O) groups excluding carboxylic acids is 2. The quantitative estimate of drug-likeness (QED) is 0.549. The van der Waals surface area contributed by atoms with Crippen LogP contribution < -0.4 is 4.90 Å². The highest BCUT2D eigenvalue weighted by atomic mass is 16.6. The van der Waals surface area contributed by atoms with Gasteiger partial charge in [-0.15, -0.1) is 0 Å². The van der Waals surface area contributed by atoms with E-state index < -0.39 is 11.5 Å². The molecule has 0 N–H and O–H groups in total. The average Bonchev–Trinajstić information content (AvgIpc) is 3.04. The van der Waals surface area contributed by atoms with Crippen LogP contribution in [-0.4, -0.2) is 47.6 Å². The van der Waals surface area contributed by atoms with Gasteiger partial charge in [-0.3, -0.25) is 9.59 Å². The Kier molecular flexibility index (Phi) is 7.18. The summed E-state index contributed by atoms with van der Waals surface area (Å²) >= 11 is 0. The second-order valence-corrected chi connectivity index (χ2v) is 11.7. The first-order valence-electron chi connectivity index (χ1n) is 13.0. The molecule has 0 bridgehead atoms. The Bertz CT molecular complexity index is 843. The van der Waals surface area contributed by atoms with E-state index in [4.69, 9.17) is 4.74 Å². The minimum atomic E-state index is -0.543. The minimum Gasteiger partial charge on any atom is -0.460 e. The van der Waals surface area contributed by atoms with Crippen molar-refractivity contribution >= 4 is 17.6 Å². The predicted molar refractivity (Wildman–Crippen MR) is 132 cm³/mol.